The van der Waals surface area contributed by atoms with Crippen molar-refractivity contribution in [2.45, 2.75) is 30.5 Å². The van der Waals surface area contributed by atoms with E-state index in [0.29, 0.717) is 45.5 Å². The highest BCUT2D eigenvalue weighted by Gasteiger charge is 2.45. The Kier molecular flexibility index (Phi) is 7.14. The normalized spacial score (nSPS) is 20.5. The molecule has 1 aliphatic heterocycles. The second kappa shape index (κ2) is 10.3. The molecule has 1 saturated heterocycles. The summed E-state index contributed by atoms with van der Waals surface area (Å²) >= 11 is 12.6. The van der Waals surface area contributed by atoms with Crippen molar-refractivity contribution in [1.82, 2.24) is 24.3 Å². The fourth-order valence-corrected chi connectivity index (χ4v) is 5.29. The third-order valence-electron chi connectivity index (χ3n) is 5.73. The standard InChI is InChI=1S/C24H23Cl2N5O4S/c1-16-28-29-23(36(2)32)31(16)18-4-6-19(7-5-18)33-12-20-13-34-24(35-20,14-30-10-9-27-15-30)21-8-3-17(25)11-22(21)26/h3-11,15,20H,12-14H2,1-2H3. The summed E-state index contributed by atoms with van der Waals surface area (Å²) in [5.74, 6) is 0.197. The molecule has 1 aliphatic rings. The zero-order chi connectivity index (χ0) is 25.3. The number of halogens is 2. The number of ether oxygens (including phenoxy) is 3. The number of nitrogens with zero attached hydrogens (tertiary/aromatic N) is 5. The van der Waals surface area contributed by atoms with E-state index in [-0.39, 0.29) is 12.7 Å². The molecule has 0 saturated carbocycles. The monoisotopic (exact) mass is 547 g/mol. The number of imidazole rings is 1. The van der Waals surface area contributed by atoms with Crippen LogP contribution in [-0.4, -0.2) is 54.1 Å². The highest BCUT2D eigenvalue weighted by molar-refractivity contribution is 7.84. The molecule has 36 heavy (non-hydrogen) atoms. The van der Waals surface area contributed by atoms with Gasteiger partial charge in [-0.1, -0.05) is 29.3 Å². The van der Waals surface area contributed by atoms with Gasteiger partial charge < -0.3 is 18.8 Å². The summed E-state index contributed by atoms with van der Waals surface area (Å²) in [5, 5.41) is 9.43. The summed E-state index contributed by atoms with van der Waals surface area (Å²) < 4.78 is 34.2. The minimum absolute atomic E-state index is 0.270. The minimum atomic E-state index is -1.26. The predicted octanol–water partition coefficient (Wildman–Crippen LogP) is 4.16. The second-order valence-electron chi connectivity index (χ2n) is 8.29. The fraction of sp³-hybridized carbons (Fsp3) is 0.292. The van der Waals surface area contributed by atoms with Gasteiger partial charge in [0.25, 0.3) is 0 Å². The van der Waals surface area contributed by atoms with Crippen LogP contribution in [0.5, 0.6) is 5.75 Å². The van der Waals surface area contributed by atoms with Crippen LogP contribution in [0.1, 0.15) is 11.4 Å². The van der Waals surface area contributed by atoms with Crippen molar-refractivity contribution in [3.05, 3.63) is 82.6 Å². The first-order valence-corrected chi connectivity index (χ1v) is 13.4. The zero-order valence-electron chi connectivity index (χ0n) is 19.5. The number of aromatic nitrogens is 5. The molecule has 12 heteroatoms. The van der Waals surface area contributed by atoms with Gasteiger partial charge in [-0.2, -0.15) is 0 Å². The molecule has 1 fully saturated rings. The van der Waals surface area contributed by atoms with Gasteiger partial charge in [-0.25, -0.2) is 4.98 Å². The molecule has 2 aromatic carbocycles. The molecule has 188 valence electrons. The first-order valence-electron chi connectivity index (χ1n) is 11.1. The van der Waals surface area contributed by atoms with E-state index in [9.17, 15) is 4.21 Å². The average Bonchev–Trinajstić information content (AvgIpc) is 3.59. The van der Waals surface area contributed by atoms with E-state index in [1.54, 1.807) is 35.5 Å². The number of rotatable bonds is 8. The topological polar surface area (TPSA) is 93.3 Å². The van der Waals surface area contributed by atoms with Crippen LogP contribution in [-0.2, 0) is 32.6 Å². The highest BCUT2D eigenvalue weighted by atomic mass is 35.5. The zero-order valence-corrected chi connectivity index (χ0v) is 21.8. The Morgan fingerprint density at radius 1 is 1.19 bits per heavy atom. The average molecular weight is 548 g/mol. The summed E-state index contributed by atoms with van der Waals surface area (Å²) in [4.78, 5) is 4.11. The molecule has 0 radical (unpaired) electrons. The molecule has 0 N–H and O–H groups in total. The van der Waals surface area contributed by atoms with Crippen LogP contribution in [0.4, 0.5) is 0 Å². The van der Waals surface area contributed by atoms with E-state index in [1.165, 1.54) is 0 Å². The first kappa shape index (κ1) is 24.9. The Morgan fingerprint density at radius 2 is 2.00 bits per heavy atom. The Bertz CT molecular complexity index is 1380. The van der Waals surface area contributed by atoms with E-state index in [4.69, 9.17) is 37.4 Å². The van der Waals surface area contributed by atoms with Crippen molar-refractivity contribution >= 4 is 34.0 Å². The molecule has 2 aromatic heterocycles. The van der Waals surface area contributed by atoms with E-state index < -0.39 is 16.6 Å². The van der Waals surface area contributed by atoms with Crippen molar-refractivity contribution in [2.24, 2.45) is 0 Å². The summed E-state index contributed by atoms with van der Waals surface area (Å²) in [6.07, 6.45) is 6.46. The molecule has 0 spiro atoms. The second-order valence-corrected chi connectivity index (χ2v) is 10.4. The van der Waals surface area contributed by atoms with E-state index in [2.05, 4.69) is 15.2 Å². The van der Waals surface area contributed by atoms with Crippen LogP contribution < -0.4 is 4.74 Å². The molecule has 3 heterocycles. The van der Waals surface area contributed by atoms with Crippen molar-refractivity contribution < 1.29 is 18.4 Å². The van der Waals surface area contributed by atoms with Crippen molar-refractivity contribution in [2.75, 3.05) is 19.5 Å². The quantitative estimate of drug-likeness (QED) is 0.327. The largest absolute Gasteiger partial charge is 0.491 e. The lowest BCUT2D eigenvalue weighted by Crippen LogP contribution is -2.34. The Hall–Kier alpha value is -2.76. The molecule has 0 bridgehead atoms. The third kappa shape index (κ3) is 5.05. The van der Waals surface area contributed by atoms with E-state index in [1.807, 2.05) is 48.0 Å². The smallest absolute Gasteiger partial charge is 0.225 e. The van der Waals surface area contributed by atoms with Gasteiger partial charge in [-0.15, -0.1) is 10.2 Å². The Labute approximate surface area is 220 Å². The number of hydrogen-bond donors (Lipinski definition) is 0. The molecule has 9 nitrogen and oxygen atoms in total. The fourth-order valence-electron chi connectivity index (χ4n) is 4.08. The number of hydrogen-bond acceptors (Lipinski definition) is 7. The SMILES string of the molecule is Cc1nnc(S(C)=O)n1-c1ccc(OCC2COC(Cn3ccnc3)(c3ccc(Cl)cc3Cl)O2)cc1. The van der Waals surface area contributed by atoms with Crippen LogP contribution >= 0.6 is 23.2 Å². The lowest BCUT2D eigenvalue weighted by Gasteiger charge is -2.30. The third-order valence-corrected chi connectivity index (χ3v) is 7.06. The molecule has 4 aromatic rings. The van der Waals surface area contributed by atoms with E-state index in [0.717, 1.165) is 5.69 Å². The predicted molar refractivity (Wildman–Crippen MR) is 135 cm³/mol. The van der Waals surface area contributed by atoms with Crippen LogP contribution in [0.3, 0.4) is 0 Å². The van der Waals surface area contributed by atoms with Gasteiger partial charge in [-0.05, 0) is 43.3 Å². The Morgan fingerprint density at radius 3 is 2.69 bits per heavy atom. The van der Waals surface area contributed by atoms with Gasteiger partial charge in [0.1, 0.15) is 24.3 Å². The highest BCUT2D eigenvalue weighted by Crippen LogP contribution is 2.40. The lowest BCUT2D eigenvalue weighted by molar-refractivity contribution is -0.189. The molecule has 3 unspecified atom stereocenters. The first-order chi connectivity index (χ1) is 17.3. The number of aryl methyl sites for hydroxylation is 1. The maximum atomic E-state index is 12.0. The van der Waals surface area contributed by atoms with Gasteiger partial charge in [0.05, 0.1) is 35.3 Å². The van der Waals surface area contributed by atoms with Gasteiger partial charge >= 0.3 is 0 Å². The van der Waals surface area contributed by atoms with Gasteiger partial charge in [-0.3, -0.25) is 8.78 Å². The van der Waals surface area contributed by atoms with Gasteiger partial charge in [0.15, 0.2) is 0 Å². The number of benzene rings is 2. The summed E-state index contributed by atoms with van der Waals surface area (Å²) in [6.45, 7) is 2.76. The van der Waals surface area contributed by atoms with Crippen molar-refractivity contribution in [1.29, 1.82) is 0 Å². The Balaban J connectivity index is 1.30. The molecule has 5 rings (SSSR count). The van der Waals surface area contributed by atoms with Crippen LogP contribution in [0.15, 0.2) is 66.3 Å². The van der Waals surface area contributed by atoms with Crippen molar-refractivity contribution in [3.63, 3.8) is 0 Å². The van der Waals surface area contributed by atoms with Gasteiger partial charge in [0, 0.05) is 34.9 Å². The van der Waals surface area contributed by atoms with Crippen LogP contribution in [0, 0.1) is 6.92 Å². The van der Waals surface area contributed by atoms with Gasteiger partial charge in [0.2, 0.25) is 10.9 Å². The lowest BCUT2D eigenvalue weighted by atomic mass is 10.1. The molecule has 0 amide bonds. The maximum Gasteiger partial charge on any atom is 0.225 e. The molecular formula is C24H23Cl2N5O4S. The van der Waals surface area contributed by atoms with Crippen LogP contribution in [0.2, 0.25) is 10.0 Å². The van der Waals surface area contributed by atoms with Crippen molar-refractivity contribution in [3.8, 4) is 11.4 Å². The van der Waals surface area contributed by atoms with Crippen LogP contribution in [0.25, 0.3) is 5.69 Å². The summed E-state index contributed by atoms with van der Waals surface area (Å²) in [7, 11) is -1.26. The summed E-state index contributed by atoms with van der Waals surface area (Å²) in [6, 6.07) is 12.6. The molecule has 0 aliphatic carbocycles. The maximum absolute atomic E-state index is 12.0. The minimum Gasteiger partial charge on any atom is -0.491 e. The molecule has 3 atom stereocenters. The summed E-state index contributed by atoms with van der Waals surface area (Å²) in [5.41, 5.74) is 1.48. The van der Waals surface area contributed by atoms with E-state index >= 15 is 0 Å². The molecular weight excluding hydrogens is 525 g/mol.